The second kappa shape index (κ2) is 6.49. The summed E-state index contributed by atoms with van der Waals surface area (Å²) < 4.78 is 1.11. The number of aryl methyl sites for hydroxylation is 2. The normalized spacial score (nSPS) is 19.4. The molecule has 1 heterocycles. The third-order valence-electron chi connectivity index (χ3n) is 4.60. The van der Waals surface area contributed by atoms with Gasteiger partial charge >= 0.3 is 0 Å². The van der Waals surface area contributed by atoms with E-state index in [1.54, 1.807) is 0 Å². The van der Waals surface area contributed by atoms with E-state index in [-0.39, 0.29) is 11.3 Å². The van der Waals surface area contributed by atoms with Gasteiger partial charge in [0.15, 0.2) is 0 Å². The van der Waals surface area contributed by atoms with Crippen molar-refractivity contribution in [3.05, 3.63) is 27.7 Å². The van der Waals surface area contributed by atoms with Crippen LogP contribution in [0.15, 0.2) is 16.6 Å². The van der Waals surface area contributed by atoms with Gasteiger partial charge in [-0.2, -0.15) is 0 Å². The number of carbonyl (C=O) groups excluding carboxylic acids is 1. The molecule has 1 aromatic carbocycles. The molecule has 1 aliphatic heterocycles. The monoisotopic (exact) mass is 352 g/mol. The molecular formula is C17H25BrN2O. The Morgan fingerprint density at radius 1 is 1.33 bits per heavy atom. The van der Waals surface area contributed by atoms with Crippen LogP contribution in [0.2, 0.25) is 0 Å². The van der Waals surface area contributed by atoms with Crippen LogP contribution in [0.3, 0.4) is 0 Å². The molecule has 1 atom stereocenters. The van der Waals surface area contributed by atoms with Crippen LogP contribution in [-0.2, 0) is 4.79 Å². The van der Waals surface area contributed by atoms with Crippen LogP contribution in [0.1, 0.15) is 37.8 Å². The Bertz CT molecular complexity index is 511. The van der Waals surface area contributed by atoms with E-state index < -0.39 is 0 Å². The molecule has 2 rings (SSSR count). The molecule has 116 valence electrons. The van der Waals surface area contributed by atoms with Crippen molar-refractivity contribution in [3.63, 3.8) is 0 Å². The second-order valence-electron chi connectivity index (χ2n) is 6.64. The van der Waals surface area contributed by atoms with E-state index in [1.807, 2.05) is 26.0 Å². The number of anilines is 1. The van der Waals surface area contributed by atoms with Gasteiger partial charge in [-0.25, -0.2) is 0 Å². The number of hydrogen-bond acceptors (Lipinski definition) is 2. The van der Waals surface area contributed by atoms with Crippen molar-refractivity contribution < 1.29 is 4.79 Å². The van der Waals surface area contributed by atoms with Crippen LogP contribution in [0.5, 0.6) is 0 Å². The van der Waals surface area contributed by atoms with Crippen molar-refractivity contribution >= 4 is 27.5 Å². The molecule has 21 heavy (non-hydrogen) atoms. The standard InChI is InChI=1S/C17H25BrN2O/c1-11-8-14(9-12(2)15(11)18)20-16(21)17(3,4)13-6-5-7-19-10-13/h8-9,13,19H,5-7,10H2,1-4H3,(H,20,21). The lowest BCUT2D eigenvalue weighted by molar-refractivity contribution is -0.127. The molecule has 0 aliphatic carbocycles. The number of nitrogens with one attached hydrogen (secondary N) is 2. The van der Waals surface area contributed by atoms with Gasteiger partial charge in [0.1, 0.15) is 0 Å². The van der Waals surface area contributed by atoms with Gasteiger partial charge in [0.2, 0.25) is 5.91 Å². The summed E-state index contributed by atoms with van der Waals surface area (Å²) in [5.41, 5.74) is 2.81. The Labute approximate surface area is 136 Å². The smallest absolute Gasteiger partial charge is 0.230 e. The molecular weight excluding hydrogens is 328 g/mol. The third-order valence-corrected chi connectivity index (χ3v) is 5.85. The molecule has 0 bridgehead atoms. The predicted octanol–water partition coefficient (Wildman–Crippen LogP) is 4.03. The van der Waals surface area contributed by atoms with Gasteiger partial charge in [-0.05, 0) is 69.0 Å². The highest BCUT2D eigenvalue weighted by Crippen LogP contribution is 2.33. The molecule has 2 N–H and O–H groups in total. The van der Waals surface area contributed by atoms with Crippen molar-refractivity contribution in [2.75, 3.05) is 18.4 Å². The van der Waals surface area contributed by atoms with Gasteiger partial charge < -0.3 is 10.6 Å². The van der Waals surface area contributed by atoms with Crippen LogP contribution in [0, 0.1) is 25.2 Å². The Balaban J connectivity index is 2.13. The minimum Gasteiger partial charge on any atom is -0.326 e. The quantitative estimate of drug-likeness (QED) is 0.861. The fourth-order valence-electron chi connectivity index (χ4n) is 2.96. The summed E-state index contributed by atoms with van der Waals surface area (Å²) >= 11 is 3.56. The average Bonchev–Trinajstić information content (AvgIpc) is 2.45. The van der Waals surface area contributed by atoms with Gasteiger partial charge in [-0.1, -0.05) is 29.8 Å². The SMILES string of the molecule is Cc1cc(NC(=O)C(C)(C)C2CCCNC2)cc(C)c1Br. The zero-order valence-corrected chi connectivity index (χ0v) is 14.9. The number of rotatable bonds is 3. The van der Waals surface area contributed by atoms with E-state index in [1.165, 1.54) is 0 Å². The summed E-state index contributed by atoms with van der Waals surface area (Å²) in [5, 5.41) is 6.50. The summed E-state index contributed by atoms with van der Waals surface area (Å²) in [5.74, 6) is 0.501. The second-order valence-corrected chi connectivity index (χ2v) is 7.44. The number of benzene rings is 1. The van der Waals surface area contributed by atoms with E-state index in [9.17, 15) is 4.79 Å². The Morgan fingerprint density at radius 2 is 1.95 bits per heavy atom. The number of halogens is 1. The van der Waals surface area contributed by atoms with Crippen molar-refractivity contribution in [1.29, 1.82) is 0 Å². The Kier molecular flexibility index (Phi) is 5.10. The summed E-state index contributed by atoms with van der Waals surface area (Å²) in [6, 6.07) is 4.04. The molecule has 1 aromatic rings. The van der Waals surface area contributed by atoms with E-state index in [0.717, 1.165) is 47.2 Å². The topological polar surface area (TPSA) is 41.1 Å². The highest BCUT2D eigenvalue weighted by molar-refractivity contribution is 9.10. The molecule has 1 fully saturated rings. The maximum absolute atomic E-state index is 12.7. The average molecular weight is 353 g/mol. The van der Waals surface area contributed by atoms with Crippen LogP contribution < -0.4 is 10.6 Å². The van der Waals surface area contributed by atoms with Crippen LogP contribution >= 0.6 is 15.9 Å². The number of piperidine rings is 1. The fourth-order valence-corrected chi connectivity index (χ4v) is 3.19. The number of carbonyl (C=O) groups is 1. The molecule has 0 spiro atoms. The van der Waals surface area contributed by atoms with E-state index in [4.69, 9.17) is 0 Å². The van der Waals surface area contributed by atoms with Crippen molar-refractivity contribution in [2.24, 2.45) is 11.3 Å². The highest BCUT2D eigenvalue weighted by Gasteiger charge is 2.37. The zero-order chi connectivity index (χ0) is 15.6. The minimum absolute atomic E-state index is 0.109. The van der Waals surface area contributed by atoms with Gasteiger partial charge in [0, 0.05) is 15.6 Å². The van der Waals surface area contributed by atoms with Gasteiger partial charge in [0.25, 0.3) is 0 Å². The molecule has 1 unspecified atom stereocenters. The lowest BCUT2D eigenvalue weighted by Crippen LogP contribution is -2.44. The summed E-state index contributed by atoms with van der Waals surface area (Å²) in [6.45, 7) is 10.2. The van der Waals surface area contributed by atoms with Gasteiger partial charge in [-0.3, -0.25) is 4.79 Å². The fraction of sp³-hybridized carbons (Fsp3) is 0.588. The molecule has 1 amide bonds. The van der Waals surface area contributed by atoms with E-state index >= 15 is 0 Å². The first-order chi connectivity index (χ1) is 9.82. The lowest BCUT2D eigenvalue weighted by atomic mass is 9.74. The largest absolute Gasteiger partial charge is 0.326 e. The molecule has 4 heteroatoms. The van der Waals surface area contributed by atoms with Crippen LogP contribution in [0.25, 0.3) is 0 Å². The molecule has 0 saturated carbocycles. The van der Waals surface area contributed by atoms with Crippen LogP contribution in [-0.4, -0.2) is 19.0 Å². The first kappa shape index (κ1) is 16.5. The molecule has 1 aliphatic rings. The van der Waals surface area contributed by atoms with Crippen molar-refractivity contribution in [3.8, 4) is 0 Å². The highest BCUT2D eigenvalue weighted by atomic mass is 79.9. The molecule has 3 nitrogen and oxygen atoms in total. The van der Waals surface area contributed by atoms with Gasteiger partial charge in [0.05, 0.1) is 0 Å². The minimum atomic E-state index is -0.359. The number of hydrogen-bond donors (Lipinski definition) is 2. The number of amides is 1. The molecule has 0 aromatic heterocycles. The third kappa shape index (κ3) is 3.67. The Hall–Kier alpha value is -0.870. The maximum Gasteiger partial charge on any atom is 0.230 e. The summed E-state index contributed by atoms with van der Waals surface area (Å²) in [4.78, 5) is 12.7. The molecule has 0 radical (unpaired) electrons. The van der Waals surface area contributed by atoms with Gasteiger partial charge in [-0.15, -0.1) is 0 Å². The molecule has 1 saturated heterocycles. The maximum atomic E-state index is 12.7. The van der Waals surface area contributed by atoms with Crippen molar-refractivity contribution in [2.45, 2.75) is 40.5 Å². The van der Waals surface area contributed by atoms with E-state index in [2.05, 4.69) is 40.4 Å². The lowest BCUT2D eigenvalue weighted by Gasteiger charge is -2.36. The first-order valence-electron chi connectivity index (χ1n) is 7.61. The van der Waals surface area contributed by atoms with E-state index in [0.29, 0.717) is 5.92 Å². The Morgan fingerprint density at radius 3 is 2.48 bits per heavy atom. The summed E-state index contributed by atoms with van der Waals surface area (Å²) in [7, 11) is 0. The van der Waals surface area contributed by atoms with Crippen molar-refractivity contribution in [1.82, 2.24) is 5.32 Å². The summed E-state index contributed by atoms with van der Waals surface area (Å²) in [6.07, 6.45) is 2.27. The zero-order valence-electron chi connectivity index (χ0n) is 13.3. The predicted molar refractivity (Wildman–Crippen MR) is 91.6 cm³/mol. The van der Waals surface area contributed by atoms with Crippen LogP contribution in [0.4, 0.5) is 5.69 Å². The first-order valence-corrected chi connectivity index (χ1v) is 8.40.